The monoisotopic (exact) mass is 287 g/mol. The van der Waals surface area contributed by atoms with Crippen LogP contribution >= 0.6 is 0 Å². The van der Waals surface area contributed by atoms with Crippen molar-refractivity contribution in [2.75, 3.05) is 18.2 Å². The molecule has 0 aliphatic rings. The van der Waals surface area contributed by atoms with Crippen molar-refractivity contribution in [2.24, 2.45) is 0 Å². The molecule has 0 bridgehead atoms. The summed E-state index contributed by atoms with van der Waals surface area (Å²) in [5, 5.41) is 3.31. The van der Waals surface area contributed by atoms with Crippen LogP contribution in [0.15, 0.2) is 36.5 Å². The Morgan fingerprint density at radius 3 is 2.81 bits per heavy atom. The van der Waals surface area contributed by atoms with E-state index in [1.165, 1.54) is 0 Å². The Bertz CT molecular complexity index is 600. The number of nitrogen functional groups attached to an aromatic ring is 1. The minimum Gasteiger partial charge on any atom is -0.489 e. The van der Waals surface area contributed by atoms with Gasteiger partial charge in [-0.15, -0.1) is 0 Å². The number of nitrogens with zero attached hydrogens (tertiary/aromatic N) is 1. The molecule has 1 aromatic heterocycles. The topological polar surface area (TPSA) is 69.4 Å². The Morgan fingerprint density at radius 2 is 2.10 bits per heavy atom. The first-order valence-corrected chi connectivity index (χ1v) is 6.88. The van der Waals surface area contributed by atoms with E-state index in [0.717, 1.165) is 11.3 Å². The second-order valence-electron chi connectivity index (χ2n) is 4.94. The zero-order valence-corrected chi connectivity index (χ0v) is 12.6. The fourth-order valence-corrected chi connectivity index (χ4v) is 1.92. The number of benzene rings is 1. The predicted molar refractivity (Wildman–Crippen MR) is 84.7 cm³/mol. The maximum atomic E-state index is 6.13. The normalized spacial score (nSPS) is 10.5. The van der Waals surface area contributed by atoms with Crippen molar-refractivity contribution >= 4 is 11.4 Å². The van der Waals surface area contributed by atoms with Crippen LogP contribution in [-0.4, -0.2) is 18.2 Å². The summed E-state index contributed by atoms with van der Waals surface area (Å²) in [5.74, 6) is 1.29. The molecule has 0 saturated carbocycles. The molecule has 0 atom stereocenters. The molecule has 3 N–H and O–H groups in total. The summed E-state index contributed by atoms with van der Waals surface area (Å²) >= 11 is 0. The minimum atomic E-state index is 0.0898. The summed E-state index contributed by atoms with van der Waals surface area (Å²) in [7, 11) is 1.60. The van der Waals surface area contributed by atoms with Gasteiger partial charge in [-0.3, -0.25) is 0 Å². The van der Waals surface area contributed by atoms with E-state index < -0.39 is 0 Å². The summed E-state index contributed by atoms with van der Waals surface area (Å²) in [4.78, 5) is 4.08. The Kier molecular flexibility index (Phi) is 4.87. The highest BCUT2D eigenvalue weighted by molar-refractivity contribution is 5.73. The number of methoxy groups -OCH3 is 1. The fraction of sp³-hybridized carbons (Fsp3) is 0.312. The van der Waals surface area contributed by atoms with Crippen LogP contribution in [0.5, 0.6) is 11.6 Å². The molecular weight excluding hydrogens is 266 g/mol. The molecule has 0 fully saturated rings. The first-order chi connectivity index (χ1) is 10.1. The van der Waals surface area contributed by atoms with E-state index in [4.69, 9.17) is 15.2 Å². The van der Waals surface area contributed by atoms with Crippen molar-refractivity contribution in [3.63, 3.8) is 0 Å². The first-order valence-electron chi connectivity index (χ1n) is 6.88. The van der Waals surface area contributed by atoms with Crippen molar-refractivity contribution in [3.8, 4) is 11.6 Å². The third kappa shape index (κ3) is 4.02. The second-order valence-corrected chi connectivity index (χ2v) is 4.94. The van der Waals surface area contributed by atoms with E-state index >= 15 is 0 Å². The zero-order chi connectivity index (χ0) is 15.2. The smallest absolute Gasteiger partial charge is 0.213 e. The summed E-state index contributed by atoms with van der Waals surface area (Å²) in [6.45, 7) is 4.58. The van der Waals surface area contributed by atoms with Crippen LogP contribution in [0, 0.1) is 0 Å². The molecule has 5 heteroatoms. The lowest BCUT2D eigenvalue weighted by Crippen LogP contribution is -2.09. The SMILES string of the molecule is COc1cc(CNc2cccc(OC(C)C)c2N)ccn1. The number of rotatable bonds is 6. The van der Waals surface area contributed by atoms with Crippen LogP contribution in [0.1, 0.15) is 19.4 Å². The number of nitrogens with one attached hydrogen (secondary N) is 1. The highest BCUT2D eigenvalue weighted by atomic mass is 16.5. The summed E-state index contributed by atoms with van der Waals surface area (Å²) in [6.07, 6.45) is 1.81. The average Bonchev–Trinajstić information content (AvgIpc) is 2.48. The van der Waals surface area contributed by atoms with Gasteiger partial charge in [0.25, 0.3) is 0 Å². The summed E-state index contributed by atoms with van der Waals surface area (Å²) < 4.78 is 10.8. The lowest BCUT2D eigenvalue weighted by atomic mass is 10.2. The molecule has 1 heterocycles. The average molecular weight is 287 g/mol. The van der Waals surface area contributed by atoms with E-state index in [2.05, 4.69) is 10.3 Å². The molecule has 5 nitrogen and oxygen atoms in total. The van der Waals surface area contributed by atoms with Gasteiger partial charge in [-0.05, 0) is 37.6 Å². The van der Waals surface area contributed by atoms with Gasteiger partial charge in [0.05, 0.1) is 24.6 Å². The number of nitrogens with two attached hydrogens (primary N) is 1. The van der Waals surface area contributed by atoms with Gasteiger partial charge in [0.15, 0.2) is 0 Å². The van der Waals surface area contributed by atoms with Gasteiger partial charge in [-0.1, -0.05) is 6.07 Å². The number of hydrogen-bond acceptors (Lipinski definition) is 5. The summed E-state index contributed by atoms with van der Waals surface area (Å²) in [6, 6.07) is 9.54. The molecule has 0 spiro atoms. The number of hydrogen-bond donors (Lipinski definition) is 2. The molecule has 0 aliphatic carbocycles. The van der Waals surface area contributed by atoms with Gasteiger partial charge >= 0.3 is 0 Å². The van der Waals surface area contributed by atoms with Crippen molar-refractivity contribution in [2.45, 2.75) is 26.5 Å². The Morgan fingerprint density at radius 1 is 1.29 bits per heavy atom. The highest BCUT2D eigenvalue weighted by Crippen LogP contribution is 2.30. The van der Waals surface area contributed by atoms with Crippen molar-refractivity contribution in [1.29, 1.82) is 0 Å². The Balaban J connectivity index is 2.09. The van der Waals surface area contributed by atoms with E-state index in [1.54, 1.807) is 13.3 Å². The summed E-state index contributed by atoms with van der Waals surface area (Å²) in [5.41, 5.74) is 8.66. The molecule has 0 saturated heterocycles. The molecule has 0 aliphatic heterocycles. The molecule has 21 heavy (non-hydrogen) atoms. The first kappa shape index (κ1) is 15.0. The molecule has 112 valence electrons. The van der Waals surface area contributed by atoms with Gasteiger partial charge in [0, 0.05) is 18.8 Å². The lowest BCUT2D eigenvalue weighted by molar-refractivity contribution is 0.244. The lowest BCUT2D eigenvalue weighted by Gasteiger charge is -2.16. The highest BCUT2D eigenvalue weighted by Gasteiger charge is 2.07. The van der Waals surface area contributed by atoms with Crippen LogP contribution < -0.4 is 20.5 Å². The number of pyridine rings is 1. The van der Waals surface area contributed by atoms with Gasteiger partial charge in [0.1, 0.15) is 5.75 Å². The van der Waals surface area contributed by atoms with Crippen molar-refractivity contribution in [3.05, 3.63) is 42.1 Å². The molecule has 0 amide bonds. The third-order valence-electron chi connectivity index (χ3n) is 2.92. The van der Waals surface area contributed by atoms with Crippen molar-refractivity contribution < 1.29 is 9.47 Å². The molecule has 1 aromatic carbocycles. The molecule has 2 aromatic rings. The largest absolute Gasteiger partial charge is 0.489 e. The Labute approximate surface area is 125 Å². The predicted octanol–water partition coefficient (Wildman–Crippen LogP) is 3.07. The van der Waals surface area contributed by atoms with Crippen LogP contribution in [0.25, 0.3) is 0 Å². The molecular formula is C16H21N3O2. The number of ether oxygens (including phenoxy) is 2. The fourth-order valence-electron chi connectivity index (χ4n) is 1.92. The number of aromatic nitrogens is 1. The van der Waals surface area contributed by atoms with Gasteiger partial charge in [-0.2, -0.15) is 0 Å². The van der Waals surface area contributed by atoms with E-state index in [0.29, 0.717) is 23.9 Å². The van der Waals surface area contributed by atoms with Crippen LogP contribution in [0.3, 0.4) is 0 Å². The number of para-hydroxylation sites is 1. The molecule has 0 radical (unpaired) electrons. The molecule has 2 rings (SSSR count). The Hall–Kier alpha value is -2.43. The van der Waals surface area contributed by atoms with Crippen LogP contribution in [0.4, 0.5) is 11.4 Å². The van der Waals surface area contributed by atoms with Crippen molar-refractivity contribution in [1.82, 2.24) is 4.98 Å². The van der Waals surface area contributed by atoms with Gasteiger partial charge in [0.2, 0.25) is 5.88 Å². The third-order valence-corrected chi connectivity index (χ3v) is 2.92. The van der Waals surface area contributed by atoms with E-state index in [-0.39, 0.29) is 6.10 Å². The van der Waals surface area contributed by atoms with Crippen LogP contribution in [-0.2, 0) is 6.54 Å². The molecule has 0 unspecified atom stereocenters. The maximum Gasteiger partial charge on any atom is 0.213 e. The van der Waals surface area contributed by atoms with E-state index in [1.807, 2.05) is 44.2 Å². The second kappa shape index (κ2) is 6.83. The van der Waals surface area contributed by atoms with E-state index in [9.17, 15) is 0 Å². The van der Waals surface area contributed by atoms with Gasteiger partial charge < -0.3 is 20.5 Å². The zero-order valence-electron chi connectivity index (χ0n) is 12.6. The quantitative estimate of drug-likeness (QED) is 0.799. The minimum absolute atomic E-state index is 0.0898. The van der Waals surface area contributed by atoms with Crippen LogP contribution in [0.2, 0.25) is 0 Å². The standard InChI is InChI=1S/C16H21N3O2/c1-11(2)21-14-6-4-5-13(16(14)17)19-10-12-7-8-18-15(9-12)20-3/h4-9,11,19H,10,17H2,1-3H3. The maximum absolute atomic E-state index is 6.13. The van der Waals surface area contributed by atoms with Gasteiger partial charge in [-0.25, -0.2) is 4.98 Å². The number of anilines is 2.